The molecule has 7 nitrogen and oxygen atoms in total. The molecule has 0 spiro atoms. The number of carbonyl (C=O) groups is 2. The van der Waals surface area contributed by atoms with E-state index in [0.717, 1.165) is 47.4 Å². The first-order valence-electron chi connectivity index (χ1n) is 13.1. The average Bonchev–Trinajstić information content (AvgIpc) is 2.85. The van der Waals surface area contributed by atoms with Gasteiger partial charge in [0.2, 0.25) is 21.8 Å². The summed E-state index contributed by atoms with van der Waals surface area (Å²) >= 11 is 0. The summed E-state index contributed by atoms with van der Waals surface area (Å²) in [4.78, 5) is 28.4. The Hall–Kier alpha value is -2.87. The molecule has 0 radical (unpaired) electrons. The molecule has 2 amide bonds. The Bertz CT molecular complexity index is 1150. The van der Waals surface area contributed by atoms with Crippen molar-refractivity contribution in [3.8, 4) is 0 Å². The second-order valence-corrected chi connectivity index (χ2v) is 13.0. The minimum absolute atomic E-state index is 0.0854. The molecule has 37 heavy (non-hydrogen) atoms. The highest BCUT2D eigenvalue weighted by Gasteiger charge is 2.31. The van der Waals surface area contributed by atoms with Crippen LogP contribution in [-0.2, 0) is 31.6 Å². The van der Waals surface area contributed by atoms with Crippen LogP contribution in [-0.4, -0.2) is 50.0 Å². The zero-order valence-corrected chi connectivity index (χ0v) is 23.6. The molecule has 0 aliphatic heterocycles. The summed E-state index contributed by atoms with van der Waals surface area (Å²) < 4.78 is 26.7. The maximum absolute atomic E-state index is 13.7. The number of benzene rings is 2. The Morgan fingerprint density at radius 1 is 0.973 bits per heavy atom. The number of anilines is 1. The first-order valence-corrected chi connectivity index (χ1v) is 14.9. The molecule has 1 aliphatic rings. The molecule has 0 saturated heterocycles. The molecular weight excluding hydrogens is 486 g/mol. The van der Waals surface area contributed by atoms with Gasteiger partial charge in [0.15, 0.2) is 0 Å². The Labute approximate surface area is 222 Å². The highest BCUT2D eigenvalue weighted by molar-refractivity contribution is 7.92. The van der Waals surface area contributed by atoms with E-state index in [1.165, 1.54) is 11.3 Å². The normalized spacial score (nSPS) is 15.6. The first-order chi connectivity index (χ1) is 17.4. The summed E-state index contributed by atoms with van der Waals surface area (Å²) in [6.07, 6.45) is 6.33. The van der Waals surface area contributed by atoms with E-state index in [4.69, 9.17) is 0 Å². The maximum atomic E-state index is 13.7. The predicted octanol–water partition coefficient (Wildman–Crippen LogP) is 4.62. The molecule has 1 saturated carbocycles. The van der Waals surface area contributed by atoms with E-state index in [2.05, 4.69) is 26.1 Å². The van der Waals surface area contributed by atoms with Crippen molar-refractivity contribution in [3.05, 3.63) is 65.7 Å². The van der Waals surface area contributed by atoms with Gasteiger partial charge in [0.05, 0.1) is 11.9 Å². The topological polar surface area (TPSA) is 86.8 Å². The Morgan fingerprint density at radius 3 is 2.11 bits per heavy atom. The molecule has 2 aromatic rings. The van der Waals surface area contributed by atoms with E-state index in [0.29, 0.717) is 5.69 Å². The molecule has 1 fully saturated rings. The third-order valence-corrected chi connectivity index (χ3v) is 8.16. The van der Waals surface area contributed by atoms with Crippen LogP contribution < -0.4 is 9.62 Å². The van der Waals surface area contributed by atoms with Gasteiger partial charge in [-0.2, -0.15) is 0 Å². The van der Waals surface area contributed by atoms with Crippen LogP contribution in [0.2, 0.25) is 0 Å². The molecular formula is C29H41N3O4S. The summed E-state index contributed by atoms with van der Waals surface area (Å²) in [5, 5.41) is 3.11. The molecule has 0 bridgehead atoms. The van der Waals surface area contributed by atoms with Crippen molar-refractivity contribution in [2.75, 3.05) is 17.1 Å². The molecule has 3 rings (SSSR count). The van der Waals surface area contributed by atoms with Gasteiger partial charge in [-0.1, -0.05) is 82.5 Å². The van der Waals surface area contributed by atoms with E-state index in [1.807, 2.05) is 42.5 Å². The zero-order valence-electron chi connectivity index (χ0n) is 22.7. The summed E-state index contributed by atoms with van der Waals surface area (Å²) in [6, 6.07) is 16.0. The molecule has 0 heterocycles. The molecule has 0 unspecified atom stereocenters. The van der Waals surface area contributed by atoms with Crippen LogP contribution in [0.3, 0.4) is 0 Å². The van der Waals surface area contributed by atoms with Crippen molar-refractivity contribution in [2.45, 2.75) is 83.8 Å². The maximum Gasteiger partial charge on any atom is 0.244 e. The fourth-order valence-corrected chi connectivity index (χ4v) is 5.52. The van der Waals surface area contributed by atoms with Crippen molar-refractivity contribution in [1.29, 1.82) is 0 Å². The quantitative estimate of drug-likeness (QED) is 0.516. The summed E-state index contributed by atoms with van der Waals surface area (Å²) in [6.45, 7) is 7.78. The lowest BCUT2D eigenvalue weighted by Gasteiger charge is -2.33. The molecule has 202 valence electrons. The smallest absolute Gasteiger partial charge is 0.244 e. The number of sulfonamides is 1. The SMILES string of the molecule is C[C@@H](C(=O)NC1CCCCC1)N(Cc1ccccc1)C(=O)CN(c1ccc(C(C)(C)C)cc1)S(C)(=O)=O. The van der Waals surface area contributed by atoms with E-state index >= 15 is 0 Å². The highest BCUT2D eigenvalue weighted by Crippen LogP contribution is 2.26. The fraction of sp³-hybridized carbons (Fsp3) is 0.517. The van der Waals surface area contributed by atoms with Crippen LogP contribution in [0, 0.1) is 0 Å². The van der Waals surface area contributed by atoms with Gasteiger partial charge in [0, 0.05) is 12.6 Å². The Morgan fingerprint density at radius 2 is 1.57 bits per heavy atom. The minimum Gasteiger partial charge on any atom is -0.352 e. The number of hydrogen-bond donors (Lipinski definition) is 1. The molecule has 2 aromatic carbocycles. The monoisotopic (exact) mass is 527 g/mol. The second kappa shape index (κ2) is 12.1. The number of nitrogens with zero attached hydrogens (tertiary/aromatic N) is 2. The first kappa shape index (κ1) is 28.7. The van der Waals surface area contributed by atoms with E-state index in [1.54, 1.807) is 19.1 Å². The largest absolute Gasteiger partial charge is 0.352 e. The third kappa shape index (κ3) is 8.06. The Kier molecular flexibility index (Phi) is 9.40. The molecule has 8 heteroatoms. The van der Waals surface area contributed by atoms with Crippen LogP contribution in [0.5, 0.6) is 0 Å². The van der Waals surface area contributed by atoms with Gasteiger partial charge in [0.25, 0.3) is 0 Å². The lowest BCUT2D eigenvalue weighted by Crippen LogP contribution is -2.52. The van der Waals surface area contributed by atoms with Crippen LogP contribution in [0.25, 0.3) is 0 Å². The van der Waals surface area contributed by atoms with Crippen molar-refractivity contribution < 1.29 is 18.0 Å². The second-order valence-electron chi connectivity index (χ2n) is 11.1. The molecule has 0 aromatic heterocycles. The van der Waals surface area contributed by atoms with Gasteiger partial charge in [-0.05, 0) is 48.4 Å². The summed E-state index contributed by atoms with van der Waals surface area (Å²) in [5.41, 5.74) is 2.27. The van der Waals surface area contributed by atoms with Gasteiger partial charge in [-0.15, -0.1) is 0 Å². The van der Waals surface area contributed by atoms with Gasteiger partial charge in [-0.3, -0.25) is 13.9 Å². The van der Waals surface area contributed by atoms with Crippen LogP contribution in [0.1, 0.15) is 70.9 Å². The zero-order chi connectivity index (χ0) is 27.2. The van der Waals surface area contributed by atoms with Crippen LogP contribution >= 0.6 is 0 Å². The average molecular weight is 528 g/mol. The van der Waals surface area contributed by atoms with Crippen molar-refractivity contribution >= 4 is 27.5 Å². The molecule has 1 aliphatic carbocycles. The van der Waals surface area contributed by atoms with E-state index in [9.17, 15) is 18.0 Å². The van der Waals surface area contributed by atoms with Crippen LogP contribution in [0.15, 0.2) is 54.6 Å². The molecule has 1 N–H and O–H groups in total. The summed E-state index contributed by atoms with van der Waals surface area (Å²) in [7, 11) is -3.75. The van der Waals surface area contributed by atoms with Crippen molar-refractivity contribution in [1.82, 2.24) is 10.2 Å². The number of rotatable bonds is 9. The number of carbonyl (C=O) groups excluding carboxylic acids is 2. The summed E-state index contributed by atoms with van der Waals surface area (Å²) in [5.74, 6) is -0.642. The standard InChI is InChI=1S/C29H41N3O4S/c1-22(28(34)30-25-14-10-7-11-15-25)31(20-23-12-8-6-9-13-23)27(33)21-32(37(5,35)36)26-18-16-24(17-19-26)29(2,3)4/h6,8-9,12-13,16-19,22,25H,7,10-11,14-15,20-21H2,1-5H3,(H,30,34)/t22-/m0/s1. The van der Waals surface area contributed by atoms with Gasteiger partial charge in [-0.25, -0.2) is 8.42 Å². The van der Waals surface area contributed by atoms with Crippen molar-refractivity contribution in [3.63, 3.8) is 0 Å². The van der Waals surface area contributed by atoms with Crippen molar-refractivity contribution in [2.24, 2.45) is 0 Å². The minimum atomic E-state index is -3.75. The Balaban J connectivity index is 1.85. The number of amides is 2. The lowest BCUT2D eigenvalue weighted by molar-refractivity contribution is -0.139. The van der Waals surface area contributed by atoms with Gasteiger partial charge in [0.1, 0.15) is 12.6 Å². The third-order valence-electron chi connectivity index (χ3n) is 7.02. The van der Waals surface area contributed by atoms with Gasteiger partial charge < -0.3 is 10.2 Å². The fourth-order valence-electron chi connectivity index (χ4n) is 4.67. The van der Waals surface area contributed by atoms with Crippen LogP contribution in [0.4, 0.5) is 5.69 Å². The number of nitrogens with one attached hydrogen (secondary N) is 1. The predicted molar refractivity (Wildman–Crippen MR) is 149 cm³/mol. The molecule has 1 atom stereocenters. The lowest BCUT2D eigenvalue weighted by atomic mass is 9.87. The van der Waals surface area contributed by atoms with E-state index in [-0.39, 0.29) is 30.5 Å². The number of hydrogen-bond acceptors (Lipinski definition) is 4. The highest BCUT2D eigenvalue weighted by atomic mass is 32.2. The van der Waals surface area contributed by atoms with Gasteiger partial charge >= 0.3 is 0 Å². The van der Waals surface area contributed by atoms with E-state index < -0.39 is 22.0 Å².